The second kappa shape index (κ2) is 5.65. The molecule has 5 heteroatoms. The largest absolute Gasteiger partial charge is 0.371 e. The molecular weight excluding hydrogens is 248 g/mol. The van der Waals surface area contributed by atoms with Gasteiger partial charge in [-0.1, -0.05) is 18.2 Å². The highest BCUT2D eigenvalue weighted by Gasteiger charge is 2.17. The Labute approximate surface area is 110 Å². The van der Waals surface area contributed by atoms with E-state index in [2.05, 4.69) is 10.3 Å². The number of aromatic nitrogens is 1. The summed E-state index contributed by atoms with van der Waals surface area (Å²) >= 11 is 0. The first-order valence-corrected chi connectivity index (χ1v) is 6.03. The van der Waals surface area contributed by atoms with Crippen LogP contribution in [-0.2, 0) is 0 Å². The fraction of sp³-hybridized carbons (Fsp3) is 0.214. The van der Waals surface area contributed by atoms with Crippen molar-refractivity contribution < 1.29 is 8.78 Å². The third-order valence-corrected chi connectivity index (χ3v) is 2.79. The first kappa shape index (κ1) is 13.3. The van der Waals surface area contributed by atoms with Gasteiger partial charge in [-0.05, 0) is 19.1 Å². The minimum atomic E-state index is -0.701. The van der Waals surface area contributed by atoms with Crippen LogP contribution in [0.1, 0.15) is 6.92 Å². The van der Waals surface area contributed by atoms with Crippen LogP contribution in [-0.4, -0.2) is 18.6 Å². The molecule has 1 N–H and O–H groups in total. The van der Waals surface area contributed by atoms with E-state index in [1.54, 1.807) is 11.9 Å². The Balaban J connectivity index is 2.50. The molecule has 19 heavy (non-hydrogen) atoms. The molecule has 0 fully saturated rings. The molecule has 1 aromatic carbocycles. The van der Waals surface area contributed by atoms with Crippen LogP contribution in [0.5, 0.6) is 0 Å². The van der Waals surface area contributed by atoms with Gasteiger partial charge in [-0.3, -0.25) is 0 Å². The van der Waals surface area contributed by atoms with Gasteiger partial charge in [-0.2, -0.15) is 0 Å². The lowest BCUT2D eigenvalue weighted by Crippen LogP contribution is -2.19. The highest BCUT2D eigenvalue weighted by atomic mass is 19.1. The van der Waals surface area contributed by atoms with E-state index in [0.29, 0.717) is 6.54 Å². The molecule has 100 valence electrons. The first-order chi connectivity index (χ1) is 9.17. The normalized spacial score (nSPS) is 10.3. The van der Waals surface area contributed by atoms with Crippen molar-refractivity contribution in [2.24, 2.45) is 0 Å². The smallest absolute Gasteiger partial charge is 0.171 e. The zero-order valence-corrected chi connectivity index (χ0v) is 10.8. The van der Waals surface area contributed by atoms with E-state index in [1.165, 1.54) is 0 Å². The Morgan fingerprint density at radius 1 is 1.16 bits per heavy atom. The maximum Gasteiger partial charge on any atom is 0.171 e. The maximum absolute atomic E-state index is 13.9. The van der Waals surface area contributed by atoms with Crippen LogP contribution in [0.4, 0.5) is 26.1 Å². The second-order valence-corrected chi connectivity index (χ2v) is 3.95. The Morgan fingerprint density at radius 3 is 2.42 bits per heavy atom. The van der Waals surface area contributed by atoms with E-state index < -0.39 is 11.6 Å². The van der Waals surface area contributed by atoms with E-state index in [-0.39, 0.29) is 11.6 Å². The summed E-state index contributed by atoms with van der Waals surface area (Å²) in [6.07, 6.45) is 0. The van der Waals surface area contributed by atoms with E-state index in [0.717, 1.165) is 11.8 Å². The van der Waals surface area contributed by atoms with Gasteiger partial charge in [-0.25, -0.2) is 13.8 Å². The average molecular weight is 263 g/mol. The highest BCUT2D eigenvalue weighted by molar-refractivity contribution is 5.62. The molecule has 0 amide bonds. The molecule has 2 rings (SSSR count). The molecule has 1 heterocycles. The lowest BCUT2D eigenvalue weighted by atomic mass is 10.2. The molecule has 0 atom stereocenters. The minimum absolute atomic E-state index is 0.0331. The predicted molar refractivity (Wildman–Crippen MR) is 72.8 cm³/mol. The number of hydrogen-bond acceptors (Lipinski definition) is 3. The van der Waals surface area contributed by atoms with Crippen LogP contribution in [0.3, 0.4) is 0 Å². The Kier molecular flexibility index (Phi) is 3.94. The second-order valence-electron chi connectivity index (χ2n) is 3.95. The Hall–Kier alpha value is -2.17. The van der Waals surface area contributed by atoms with Crippen molar-refractivity contribution in [3.8, 4) is 0 Å². The SMILES string of the molecule is CCN(c1ccccc1)c1nc(NC)c(F)cc1F. The summed E-state index contributed by atoms with van der Waals surface area (Å²) in [5.74, 6) is -1.24. The van der Waals surface area contributed by atoms with Crippen LogP contribution in [0.25, 0.3) is 0 Å². The van der Waals surface area contributed by atoms with Crippen LogP contribution < -0.4 is 10.2 Å². The van der Waals surface area contributed by atoms with Crippen LogP contribution >= 0.6 is 0 Å². The predicted octanol–water partition coefficient (Wildman–Crippen LogP) is 3.56. The van der Waals surface area contributed by atoms with Crippen molar-refractivity contribution >= 4 is 17.3 Å². The fourth-order valence-electron chi connectivity index (χ4n) is 1.88. The van der Waals surface area contributed by atoms with Crippen molar-refractivity contribution in [3.05, 3.63) is 48.0 Å². The Morgan fingerprint density at radius 2 is 1.84 bits per heavy atom. The van der Waals surface area contributed by atoms with Crippen molar-refractivity contribution in [1.29, 1.82) is 0 Å². The maximum atomic E-state index is 13.9. The van der Waals surface area contributed by atoms with Crippen LogP contribution in [0, 0.1) is 11.6 Å². The molecule has 0 saturated carbocycles. The summed E-state index contributed by atoms with van der Waals surface area (Å²) in [6.45, 7) is 2.42. The van der Waals surface area contributed by atoms with Gasteiger partial charge in [-0.15, -0.1) is 0 Å². The zero-order valence-electron chi connectivity index (χ0n) is 10.8. The zero-order chi connectivity index (χ0) is 13.8. The number of pyridine rings is 1. The summed E-state index contributed by atoms with van der Waals surface area (Å²) < 4.78 is 27.3. The molecule has 0 aliphatic rings. The van der Waals surface area contributed by atoms with Crippen molar-refractivity contribution in [3.63, 3.8) is 0 Å². The summed E-state index contributed by atoms with van der Waals surface area (Å²) in [7, 11) is 1.55. The molecule has 2 aromatic rings. The number of nitrogens with one attached hydrogen (secondary N) is 1. The van der Waals surface area contributed by atoms with E-state index in [4.69, 9.17) is 0 Å². The Bertz CT molecular complexity index is 558. The number of nitrogens with zero attached hydrogens (tertiary/aromatic N) is 2. The van der Waals surface area contributed by atoms with Gasteiger partial charge in [0.15, 0.2) is 23.3 Å². The molecule has 0 aliphatic carbocycles. The minimum Gasteiger partial charge on any atom is -0.371 e. The van der Waals surface area contributed by atoms with Gasteiger partial charge in [0.25, 0.3) is 0 Å². The fourth-order valence-corrected chi connectivity index (χ4v) is 1.88. The van der Waals surface area contributed by atoms with Gasteiger partial charge >= 0.3 is 0 Å². The molecule has 1 aromatic heterocycles. The topological polar surface area (TPSA) is 28.2 Å². The van der Waals surface area contributed by atoms with E-state index in [1.807, 2.05) is 37.3 Å². The molecular formula is C14H15F2N3. The monoisotopic (exact) mass is 263 g/mol. The standard InChI is InChI=1S/C14H15F2N3/c1-3-19(10-7-5-4-6-8-10)14-12(16)9-11(15)13(17-2)18-14/h4-9H,3H2,1-2H3,(H,17,18). The first-order valence-electron chi connectivity index (χ1n) is 6.03. The van der Waals surface area contributed by atoms with E-state index in [9.17, 15) is 8.78 Å². The van der Waals surface area contributed by atoms with Crippen molar-refractivity contribution in [2.45, 2.75) is 6.92 Å². The third kappa shape index (κ3) is 2.65. The number of anilines is 3. The lowest BCUT2D eigenvalue weighted by molar-refractivity contribution is 0.575. The molecule has 0 unspecified atom stereocenters. The number of benzene rings is 1. The summed E-state index contributed by atoms with van der Waals surface area (Å²) in [5, 5.41) is 2.61. The highest BCUT2D eigenvalue weighted by Crippen LogP contribution is 2.28. The van der Waals surface area contributed by atoms with Gasteiger partial charge in [0.1, 0.15) is 0 Å². The summed E-state index contributed by atoms with van der Waals surface area (Å²) in [5.41, 5.74) is 0.810. The van der Waals surface area contributed by atoms with Gasteiger partial charge in [0.05, 0.1) is 0 Å². The van der Waals surface area contributed by atoms with Gasteiger partial charge in [0.2, 0.25) is 0 Å². The average Bonchev–Trinajstić information content (AvgIpc) is 2.43. The van der Waals surface area contributed by atoms with Crippen molar-refractivity contribution in [1.82, 2.24) is 4.98 Å². The summed E-state index contributed by atoms with van der Waals surface area (Å²) in [4.78, 5) is 5.69. The third-order valence-electron chi connectivity index (χ3n) is 2.79. The van der Waals surface area contributed by atoms with E-state index >= 15 is 0 Å². The summed E-state index contributed by atoms with van der Waals surface area (Å²) in [6, 6.07) is 10.2. The quantitative estimate of drug-likeness (QED) is 0.914. The lowest BCUT2D eigenvalue weighted by Gasteiger charge is -2.23. The number of para-hydroxylation sites is 1. The van der Waals surface area contributed by atoms with Crippen LogP contribution in [0.15, 0.2) is 36.4 Å². The van der Waals surface area contributed by atoms with Crippen molar-refractivity contribution in [2.75, 3.05) is 23.8 Å². The molecule has 0 radical (unpaired) electrons. The molecule has 0 aliphatic heterocycles. The number of halogens is 2. The molecule has 0 saturated heterocycles. The molecule has 3 nitrogen and oxygen atoms in total. The van der Waals surface area contributed by atoms with Crippen LogP contribution in [0.2, 0.25) is 0 Å². The number of rotatable bonds is 4. The molecule has 0 bridgehead atoms. The number of hydrogen-bond donors (Lipinski definition) is 1. The van der Waals surface area contributed by atoms with Gasteiger partial charge < -0.3 is 10.2 Å². The molecule has 0 spiro atoms. The van der Waals surface area contributed by atoms with Gasteiger partial charge in [0, 0.05) is 25.3 Å².